The summed E-state index contributed by atoms with van der Waals surface area (Å²) in [6.45, 7) is 5.93. The molecule has 1 aromatic carbocycles. The minimum absolute atomic E-state index is 0.160. The van der Waals surface area contributed by atoms with Gasteiger partial charge >= 0.3 is 0 Å². The normalized spacial score (nSPS) is 15.2. The van der Waals surface area contributed by atoms with E-state index in [0.717, 1.165) is 6.42 Å². The van der Waals surface area contributed by atoms with E-state index in [1.54, 1.807) is 36.3 Å². The van der Waals surface area contributed by atoms with E-state index in [4.69, 9.17) is 9.47 Å². The van der Waals surface area contributed by atoms with Gasteiger partial charge in [0.25, 0.3) is 5.91 Å². The zero-order chi connectivity index (χ0) is 22.4. The van der Waals surface area contributed by atoms with Crippen LogP contribution in [0.15, 0.2) is 47.6 Å². The molecule has 2 heterocycles. The SMILES string of the molecule is COc1cc(C(=O)N2CCN(S(=O)(=O)c3cccnc3)CC2)ccc1OCCC(C)C. The van der Waals surface area contributed by atoms with Crippen molar-refractivity contribution >= 4 is 15.9 Å². The van der Waals surface area contributed by atoms with E-state index in [9.17, 15) is 13.2 Å². The number of carbonyl (C=O) groups is 1. The van der Waals surface area contributed by atoms with Crippen molar-refractivity contribution in [2.24, 2.45) is 5.92 Å². The molecule has 1 amide bonds. The number of carbonyl (C=O) groups excluding carboxylic acids is 1. The van der Waals surface area contributed by atoms with Gasteiger partial charge in [0.1, 0.15) is 4.90 Å². The summed E-state index contributed by atoms with van der Waals surface area (Å²) in [5, 5.41) is 0. The maximum Gasteiger partial charge on any atom is 0.254 e. The first-order chi connectivity index (χ1) is 14.8. The zero-order valence-electron chi connectivity index (χ0n) is 18.2. The maximum atomic E-state index is 13.0. The first kappa shape index (κ1) is 23.0. The third-order valence-electron chi connectivity index (χ3n) is 5.16. The highest BCUT2D eigenvalue weighted by molar-refractivity contribution is 7.89. The Hall–Kier alpha value is -2.65. The fraction of sp³-hybridized carbons (Fsp3) is 0.455. The summed E-state index contributed by atoms with van der Waals surface area (Å²) in [5.74, 6) is 1.48. The van der Waals surface area contributed by atoms with Gasteiger partial charge in [0.2, 0.25) is 10.0 Å². The van der Waals surface area contributed by atoms with E-state index in [2.05, 4.69) is 18.8 Å². The number of amides is 1. The van der Waals surface area contributed by atoms with Crippen molar-refractivity contribution in [2.45, 2.75) is 25.2 Å². The Morgan fingerprint density at radius 2 is 1.87 bits per heavy atom. The molecule has 0 unspecified atom stereocenters. The number of methoxy groups -OCH3 is 1. The van der Waals surface area contributed by atoms with Gasteiger partial charge in [-0.1, -0.05) is 13.8 Å². The smallest absolute Gasteiger partial charge is 0.254 e. The van der Waals surface area contributed by atoms with Crippen LogP contribution in [0.1, 0.15) is 30.6 Å². The lowest BCUT2D eigenvalue weighted by atomic mass is 10.1. The number of nitrogens with zero attached hydrogens (tertiary/aromatic N) is 3. The van der Waals surface area contributed by atoms with Gasteiger partial charge in [0, 0.05) is 44.1 Å². The number of ether oxygens (including phenoxy) is 2. The number of aromatic nitrogens is 1. The summed E-state index contributed by atoms with van der Waals surface area (Å²) in [7, 11) is -2.07. The summed E-state index contributed by atoms with van der Waals surface area (Å²) < 4.78 is 38.0. The van der Waals surface area contributed by atoms with E-state index in [-0.39, 0.29) is 23.9 Å². The number of rotatable bonds is 8. The molecule has 31 heavy (non-hydrogen) atoms. The van der Waals surface area contributed by atoms with Gasteiger partial charge in [0.15, 0.2) is 11.5 Å². The molecule has 0 radical (unpaired) electrons. The quantitative estimate of drug-likeness (QED) is 0.618. The lowest BCUT2D eigenvalue weighted by molar-refractivity contribution is 0.0697. The Kier molecular flexibility index (Phi) is 7.50. The third kappa shape index (κ3) is 5.54. The van der Waals surface area contributed by atoms with E-state index in [1.807, 2.05) is 0 Å². The second-order valence-corrected chi connectivity index (χ2v) is 9.72. The monoisotopic (exact) mass is 447 g/mol. The summed E-state index contributed by atoms with van der Waals surface area (Å²) in [5.41, 5.74) is 0.483. The second-order valence-electron chi connectivity index (χ2n) is 7.78. The Balaban J connectivity index is 1.64. The highest BCUT2D eigenvalue weighted by atomic mass is 32.2. The Morgan fingerprint density at radius 1 is 1.13 bits per heavy atom. The molecule has 168 valence electrons. The molecule has 3 rings (SSSR count). The van der Waals surface area contributed by atoms with Crippen LogP contribution in [0.5, 0.6) is 11.5 Å². The minimum Gasteiger partial charge on any atom is -0.493 e. The van der Waals surface area contributed by atoms with Crippen LogP contribution in [-0.4, -0.2) is 68.4 Å². The van der Waals surface area contributed by atoms with Crippen LogP contribution in [0, 0.1) is 5.92 Å². The first-order valence-corrected chi connectivity index (χ1v) is 11.8. The van der Waals surface area contributed by atoms with Crippen molar-refractivity contribution in [3.63, 3.8) is 0 Å². The van der Waals surface area contributed by atoms with Crippen LogP contribution in [0.25, 0.3) is 0 Å². The highest BCUT2D eigenvalue weighted by Crippen LogP contribution is 2.29. The molecule has 8 nitrogen and oxygen atoms in total. The van der Waals surface area contributed by atoms with Crippen LogP contribution in [0.4, 0.5) is 0 Å². The highest BCUT2D eigenvalue weighted by Gasteiger charge is 2.30. The van der Waals surface area contributed by atoms with E-state index in [1.165, 1.54) is 22.8 Å². The molecule has 9 heteroatoms. The van der Waals surface area contributed by atoms with Crippen LogP contribution in [0.3, 0.4) is 0 Å². The maximum absolute atomic E-state index is 13.0. The summed E-state index contributed by atoms with van der Waals surface area (Å²) >= 11 is 0. The molecule has 0 aliphatic carbocycles. The standard InChI is InChI=1S/C22H29N3O5S/c1-17(2)8-14-30-20-7-6-18(15-21(20)29-3)22(26)24-10-12-25(13-11-24)31(27,28)19-5-4-9-23-16-19/h4-7,9,15-17H,8,10-14H2,1-3H3. The fourth-order valence-corrected chi connectivity index (χ4v) is 4.67. The molecule has 1 aromatic heterocycles. The number of hydrogen-bond donors (Lipinski definition) is 0. The van der Waals surface area contributed by atoms with Crippen LogP contribution in [-0.2, 0) is 10.0 Å². The second kappa shape index (κ2) is 10.1. The summed E-state index contributed by atoms with van der Waals surface area (Å²) in [4.78, 5) is 18.7. The predicted molar refractivity (Wildman–Crippen MR) is 117 cm³/mol. The van der Waals surface area contributed by atoms with Crippen LogP contribution < -0.4 is 9.47 Å². The molecule has 0 N–H and O–H groups in total. The Bertz CT molecular complexity index is 987. The van der Waals surface area contributed by atoms with Gasteiger partial charge in [-0.3, -0.25) is 9.78 Å². The number of benzene rings is 1. The molecule has 1 fully saturated rings. The third-order valence-corrected chi connectivity index (χ3v) is 7.04. The van der Waals surface area contributed by atoms with E-state index < -0.39 is 10.0 Å². The molecule has 0 bridgehead atoms. The van der Waals surface area contributed by atoms with Crippen molar-refractivity contribution < 1.29 is 22.7 Å². The average molecular weight is 448 g/mol. The van der Waals surface area contributed by atoms with E-state index in [0.29, 0.717) is 42.7 Å². The minimum atomic E-state index is -3.61. The number of sulfonamides is 1. The fourth-order valence-electron chi connectivity index (χ4n) is 3.29. The van der Waals surface area contributed by atoms with Gasteiger partial charge in [-0.2, -0.15) is 4.31 Å². The Labute approximate surface area is 183 Å². The molecule has 0 saturated carbocycles. The lowest BCUT2D eigenvalue weighted by Gasteiger charge is -2.34. The van der Waals surface area contributed by atoms with Gasteiger partial charge in [-0.25, -0.2) is 8.42 Å². The van der Waals surface area contributed by atoms with Crippen LogP contribution >= 0.6 is 0 Å². The van der Waals surface area contributed by atoms with Gasteiger partial charge < -0.3 is 14.4 Å². The molecule has 1 aliphatic heterocycles. The largest absolute Gasteiger partial charge is 0.493 e. The molecule has 2 aromatic rings. The van der Waals surface area contributed by atoms with Crippen molar-refractivity contribution in [1.29, 1.82) is 0 Å². The number of hydrogen-bond acceptors (Lipinski definition) is 6. The number of piperazine rings is 1. The lowest BCUT2D eigenvalue weighted by Crippen LogP contribution is -2.50. The topological polar surface area (TPSA) is 89.0 Å². The van der Waals surface area contributed by atoms with Gasteiger partial charge in [0.05, 0.1) is 13.7 Å². The van der Waals surface area contributed by atoms with Gasteiger partial charge in [-0.05, 0) is 42.7 Å². The number of pyridine rings is 1. The molecular weight excluding hydrogens is 418 g/mol. The molecular formula is C22H29N3O5S. The molecule has 1 saturated heterocycles. The van der Waals surface area contributed by atoms with Crippen molar-refractivity contribution in [3.8, 4) is 11.5 Å². The predicted octanol–water partition coefficient (Wildman–Crippen LogP) is 2.66. The molecule has 0 spiro atoms. The average Bonchev–Trinajstić information content (AvgIpc) is 2.79. The molecule has 0 atom stereocenters. The first-order valence-electron chi connectivity index (χ1n) is 10.3. The van der Waals surface area contributed by atoms with E-state index >= 15 is 0 Å². The summed E-state index contributed by atoms with van der Waals surface area (Å²) in [6.07, 6.45) is 3.80. The molecule has 1 aliphatic rings. The van der Waals surface area contributed by atoms with Crippen molar-refractivity contribution in [3.05, 3.63) is 48.3 Å². The summed E-state index contributed by atoms with van der Waals surface area (Å²) in [6, 6.07) is 8.25. The van der Waals surface area contributed by atoms with Gasteiger partial charge in [-0.15, -0.1) is 0 Å². The zero-order valence-corrected chi connectivity index (χ0v) is 19.0. The Morgan fingerprint density at radius 3 is 2.48 bits per heavy atom. The van der Waals surface area contributed by atoms with Crippen molar-refractivity contribution in [1.82, 2.24) is 14.2 Å². The van der Waals surface area contributed by atoms with Crippen LogP contribution in [0.2, 0.25) is 0 Å². The van der Waals surface area contributed by atoms with Crippen molar-refractivity contribution in [2.75, 3.05) is 39.9 Å².